The van der Waals surface area contributed by atoms with Gasteiger partial charge in [0.1, 0.15) is 6.10 Å². The van der Waals surface area contributed by atoms with Crippen molar-refractivity contribution in [3.63, 3.8) is 0 Å². The van der Waals surface area contributed by atoms with Crippen LogP contribution in [-0.2, 0) is 4.79 Å². The summed E-state index contributed by atoms with van der Waals surface area (Å²) in [7, 11) is 0. The van der Waals surface area contributed by atoms with Crippen molar-refractivity contribution < 1.29 is 27.8 Å². The predicted octanol–water partition coefficient (Wildman–Crippen LogP) is 1.34. The number of aliphatic hydroxyl groups excluding tert-OH is 1. The fourth-order valence-corrected chi connectivity index (χ4v) is 1.22. The summed E-state index contributed by atoms with van der Waals surface area (Å²) in [5.74, 6) is -1.46. The quantitative estimate of drug-likeness (QED) is 0.825. The summed E-state index contributed by atoms with van der Waals surface area (Å²) < 4.78 is 42.3. The van der Waals surface area contributed by atoms with Crippen LogP contribution in [0.1, 0.15) is 6.92 Å². The molecule has 0 saturated carbocycles. The van der Waals surface area contributed by atoms with Crippen LogP contribution in [0.3, 0.4) is 0 Å². The molecular formula is C12H14F3NO3. The molecule has 19 heavy (non-hydrogen) atoms. The van der Waals surface area contributed by atoms with Gasteiger partial charge in [-0.15, -0.1) is 0 Å². The second kappa shape index (κ2) is 6.98. The van der Waals surface area contributed by atoms with Gasteiger partial charge >= 0.3 is 0 Å². The Hall–Kier alpha value is -1.76. The fourth-order valence-electron chi connectivity index (χ4n) is 1.22. The maximum atomic E-state index is 13.2. The van der Waals surface area contributed by atoms with Crippen LogP contribution in [0, 0.1) is 5.82 Å². The molecule has 0 heterocycles. The highest BCUT2D eigenvalue weighted by molar-refractivity contribution is 5.80. The Labute approximate surface area is 108 Å². The number of hydrogen-bond acceptors (Lipinski definition) is 3. The highest BCUT2D eigenvalue weighted by Crippen LogP contribution is 2.16. The van der Waals surface area contributed by atoms with Gasteiger partial charge in [-0.3, -0.25) is 4.79 Å². The van der Waals surface area contributed by atoms with Gasteiger partial charge in [-0.2, -0.15) is 0 Å². The van der Waals surface area contributed by atoms with Gasteiger partial charge in [-0.05, 0) is 19.1 Å². The lowest BCUT2D eigenvalue weighted by molar-refractivity contribution is -0.128. The smallest absolute Gasteiger partial charge is 0.265 e. The highest BCUT2D eigenvalue weighted by atomic mass is 19.3. The zero-order chi connectivity index (χ0) is 14.4. The first-order valence-corrected chi connectivity index (χ1v) is 5.57. The van der Waals surface area contributed by atoms with Crippen molar-refractivity contribution in [1.29, 1.82) is 0 Å². The van der Waals surface area contributed by atoms with Crippen LogP contribution in [0.2, 0.25) is 0 Å². The van der Waals surface area contributed by atoms with E-state index in [0.29, 0.717) is 0 Å². The minimum absolute atomic E-state index is 0.112. The number of hydrogen-bond donors (Lipinski definition) is 2. The van der Waals surface area contributed by atoms with E-state index in [9.17, 15) is 18.0 Å². The number of rotatable bonds is 6. The molecule has 1 amide bonds. The third kappa shape index (κ3) is 4.78. The van der Waals surface area contributed by atoms with Crippen LogP contribution < -0.4 is 10.1 Å². The monoisotopic (exact) mass is 277 g/mol. The maximum absolute atomic E-state index is 13.2. The molecule has 0 radical (unpaired) electrons. The third-order valence-corrected chi connectivity index (χ3v) is 2.29. The van der Waals surface area contributed by atoms with Crippen LogP contribution in [0.5, 0.6) is 5.75 Å². The summed E-state index contributed by atoms with van der Waals surface area (Å²) in [4.78, 5) is 11.5. The normalized spacial score (nSPS) is 14.0. The predicted molar refractivity (Wildman–Crippen MR) is 61.5 cm³/mol. The first-order chi connectivity index (χ1) is 8.91. The van der Waals surface area contributed by atoms with E-state index < -0.39 is 36.9 Å². The third-order valence-electron chi connectivity index (χ3n) is 2.29. The van der Waals surface area contributed by atoms with E-state index in [1.807, 2.05) is 0 Å². The molecule has 0 aliphatic carbocycles. The van der Waals surface area contributed by atoms with Gasteiger partial charge in [0.15, 0.2) is 17.7 Å². The van der Waals surface area contributed by atoms with E-state index in [1.165, 1.54) is 31.2 Å². The van der Waals surface area contributed by atoms with Crippen molar-refractivity contribution in [3.8, 4) is 5.75 Å². The minimum Gasteiger partial charge on any atom is -0.478 e. The van der Waals surface area contributed by atoms with Gasteiger partial charge in [0.2, 0.25) is 0 Å². The zero-order valence-corrected chi connectivity index (χ0v) is 10.1. The molecule has 0 saturated heterocycles. The van der Waals surface area contributed by atoms with Crippen LogP contribution in [-0.4, -0.2) is 36.2 Å². The Bertz CT molecular complexity index is 428. The maximum Gasteiger partial charge on any atom is 0.265 e. The lowest BCUT2D eigenvalue weighted by Crippen LogP contribution is -2.42. The molecule has 0 aliphatic rings. The first kappa shape index (κ1) is 15.3. The van der Waals surface area contributed by atoms with Crippen LogP contribution in [0.25, 0.3) is 0 Å². The Morgan fingerprint density at radius 1 is 1.42 bits per heavy atom. The van der Waals surface area contributed by atoms with Gasteiger partial charge in [-0.25, -0.2) is 13.2 Å². The number of carbonyl (C=O) groups excluding carboxylic acids is 1. The molecule has 0 bridgehead atoms. The topological polar surface area (TPSA) is 58.6 Å². The summed E-state index contributed by atoms with van der Waals surface area (Å²) in [5, 5.41) is 10.9. The van der Waals surface area contributed by atoms with E-state index in [2.05, 4.69) is 5.32 Å². The van der Waals surface area contributed by atoms with E-state index >= 15 is 0 Å². The van der Waals surface area contributed by atoms with E-state index in [-0.39, 0.29) is 5.75 Å². The molecule has 7 heteroatoms. The number of para-hydroxylation sites is 1. The molecule has 1 aromatic rings. The SMILES string of the molecule is CC(Oc1ccccc1F)C(=O)NCC(O)C(F)F. The number of halogens is 3. The van der Waals surface area contributed by atoms with Crippen LogP contribution in [0.15, 0.2) is 24.3 Å². The summed E-state index contributed by atoms with van der Waals surface area (Å²) >= 11 is 0. The van der Waals surface area contributed by atoms with Crippen molar-refractivity contribution in [3.05, 3.63) is 30.1 Å². The lowest BCUT2D eigenvalue weighted by Gasteiger charge is -2.16. The molecule has 1 rings (SSSR count). The number of nitrogens with one attached hydrogen (secondary N) is 1. The second-order valence-corrected chi connectivity index (χ2v) is 3.84. The second-order valence-electron chi connectivity index (χ2n) is 3.84. The molecule has 106 valence electrons. The standard InChI is InChI=1S/C12H14F3NO3/c1-7(12(18)16-6-9(17)11(14)15)19-10-5-3-2-4-8(10)13/h2-5,7,9,11,17H,6H2,1H3,(H,16,18). The molecular weight excluding hydrogens is 263 g/mol. The van der Waals surface area contributed by atoms with Gasteiger partial charge < -0.3 is 15.2 Å². The number of carbonyl (C=O) groups is 1. The number of benzene rings is 1. The molecule has 2 unspecified atom stereocenters. The Kier molecular flexibility index (Phi) is 5.62. The summed E-state index contributed by atoms with van der Waals surface area (Å²) in [5.41, 5.74) is 0. The van der Waals surface area contributed by atoms with Gasteiger partial charge in [-0.1, -0.05) is 12.1 Å². The lowest BCUT2D eigenvalue weighted by atomic mass is 10.3. The van der Waals surface area contributed by atoms with Crippen LogP contribution >= 0.6 is 0 Å². The van der Waals surface area contributed by atoms with E-state index in [0.717, 1.165) is 0 Å². The number of aliphatic hydroxyl groups is 1. The molecule has 4 nitrogen and oxygen atoms in total. The molecule has 0 aromatic heterocycles. The van der Waals surface area contributed by atoms with E-state index in [4.69, 9.17) is 9.84 Å². The van der Waals surface area contributed by atoms with E-state index in [1.54, 1.807) is 0 Å². The highest BCUT2D eigenvalue weighted by Gasteiger charge is 2.21. The largest absolute Gasteiger partial charge is 0.478 e. The molecule has 0 spiro atoms. The van der Waals surface area contributed by atoms with Crippen molar-refractivity contribution in [2.45, 2.75) is 25.6 Å². The fraction of sp³-hybridized carbons (Fsp3) is 0.417. The summed E-state index contributed by atoms with van der Waals surface area (Å²) in [6, 6.07) is 5.50. The zero-order valence-electron chi connectivity index (χ0n) is 10.1. The van der Waals surface area contributed by atoms with Crippen LogP contribution in [0.4, 0.5) is 13.2 Å². The van der Waals surface area contributed by atoms with Gasteiger partial charge in [0.25, 0.3) is 12.3 Å². The average molecular weight is 277 g/mol. The molecule has 0 fully saturated rings. The Morgan fingerprint density at radius 3 is 2.63 bits per heavy atom. The van der Waals surface area contributed by atoms with Gasteiger partial charge in [0.05, 0.1) is 0 Å². The number of alkyl halides is 2. The first-order valence-electron chi connectivity index (χ1n) is 5.57. The van der Waals surface area contributed by atoms with Gasteiger partial charge in [0, 0.05) is 6.54 Å². The number of ether oxygens (including phenoxy) is 1. The van der Waals surface area contributed by atoms with Crippen molar-refractivity contribution in [2.24, 2.45) is 0 Å². The Balaban J connectivity index is 2.47. The molecule has 1 aromatic carbocycles. The number of amides is 1. The molecule has 0 aliphatic heterocycles. The summed E-state index contributed by atoms with van der Waals surface area (Å²) in [6.45, 7) is 0.748. The molecule has 2 N–H and O–H groups in total. The van der Waals surface area contributed by atoms with Crippen molar-refractivity contribution in [1.82, 2.24) is 5.32 Å². The average Bonchev–Trinajstić information content (AvgIpc) is 2.37. The van der Waals surface area contributed by atoms with Crippen molar-refractivity contribution in [2.75, 3.05) is 6.54 Å². The Morgan fingerprint density at radius 2 is 2.05 bits per heavy atom. The summed E-state index contributed by atoms with van der Waals surface area (Å²) in [6.07, 6.45) is -5.95. The molecule has 2 atom stereocenters. The van der Waals surface area contributed by atoms with Crippen molar-refractivity contribution >= 4 is 5.91 Å². The minimum atomic E-state index is -2.94.